The lowest BCUT2D eigenvalue weighted by Gasteiger charge is -2.07. The van der Waals surface area contributed by atoms with Gasteiger partial charge in [0.15, 0.2) is 5.13 Å². The van der Waals surface area contributed by atoms with E-state index in [-0.39, 0.29) is 0 Å². The Morgan fingerprint density at radius 3 is 3.00 bits per heavy atom. The van der Waals surface area contributed by atoms with Gasteiger partial charge in [0.1, 0.15) is 12.4 Å². The Balaban J connectivity index is 1.92. The first-order valence-electron chi connectivity index (χ1n) is 6.26. The number of hydrogen-bond donors (Lipinski definition) is 1. The maximum atomic E-state index is 5.79. The summed E-state index contributed by atoms with van der Waals surface area (Å²) in [5.41, 5.74) is 1.21. The van der Waals surface area contributed by atoms with Gasteiger partial charge in [-0.15, -0.1) is 0 Å². The van der Waals surface area contributed by atoms with E-state index in [1.54, 1.807) is 11.3 Å². The van der Waals surface area contributed by atoms with E-state index in [0.29, 0.717) is 6.61 Å². The Kier molecular flexibility index (Phi) is 5.22. The lowest BCUT2D eigenvalue weighted by Crippen LogP contribution is -1.97. The van der Waals surface area contributed by atoms with Crippen LogP contribution in [-0.4, -0.2) is 11.5 Å². The molecule has 0 radical (unpaired) electrons. The highest BCUT2D eigenvalue weighted by Crippen LogP contribution is 2.27. The van der Waals surface area contributed by atoms with Gasteiger partial charge in [0, 0.05) is 12.7 Å². The van der Waals surface area contributed by atoms with E-state index in [1.807, 2.05) is 18.3 Å². The van der Waals surface area contributed by atoms with Crippen LogP contribution < -0.4 is 10.1 Å². The normalized spacial score (nSPS) is 10.5. The summed E-state index contributed by atoms with van der Waals surface area (Å²) in [7, 11) is 0. The van der Waals surface area contributed by atoms with Gasteiger partial charge in [-0.2, -0.15) is 0 Å². The lowest BCUT2D eigenvalue weighted by atomic mass is 10.2. The number of hydrogen-bond acceptors (Lipinski definition) is 4. The third-order valence-corrected chi connectivity index (χ3v) is 4.09. The van der Waals surface area contributed by atoms with Crippen LogP contribution in [0.1, 0.15) is 23.8 Å². The number of thiazole rings is 1. The van der Waals surface area contributed by atoms with Crippen LogP contribution in [-0.2, 0) is 6.61 Å². The molecule has 2 aromatic rings. The Hall–Kier alpha value is -1.07. The van der Waals surface area contributed by atoms with Gasteiger partial charge in [-0.3, -0.25) is 0 Å². The van der Waals surface area contributed by atoms with E-state index in [1.165, 1.54) is 5.56 Å². The van der Waals surface area contributed by atoms with Gasteiger partial charge < -0.3 is 10.1 Å². The largest absolute Gasteiger partial charge is 0.487 e. The van der Waals surface area contributed by atoms with Crippen molar-refractivity contribution in [2.75, 3.05) is 11.9 Å². The Morgan fingerprint density at radius 1 is 1.42 bits per heavy atom. The fourth-order valence-electron chi connectivity index (χ4n) is 1.56. The fourth-order valence-corrected chi connectivity index (χ4v) is 2.92. The Morgan fingerprint density at radius 2 is 2.26 bits per heavy atom. The summed E-state index contributed by atoms with van der Waals surface area (Å²) in [6.45, 7) is 5.70. The molecule has 1 heterocycles. The number of ether oxygens (including phenoxy) is 1. The average Bonchev–Trinajstić information content (AvgIpc) is 2.83. The smallest absolute Gasteiger partial charge is 0.182 e. The molecule has 0 spiro atoms. The molecule has 0 aliphatic rings. The molecule has 0 unspecified atom stereocenters. The van der Waals surface area contributed by atoms with Gasteiger partial charge in [-0.1, -0.05) is 24.3 Å². The van der Waals surface area contributed by atoms with E-state index in [4.69, 9.17) is 4.74 Å². The Labute approximate surface area is 126 Å². The number of benzene rings is 1. The number of nitrogens with one attached hydrogen (secondary N) is 1. The van der Waals surface area contributed by atoms with E-state index in [2.05, 4.69) is 46.1 Å². The quantitative estimate of drug-likeness (QED) is 0.833. The SMILES string of the molecule is CCCNc1ncc(COc2ccc(C)cc2Br)s1. The highest BCUT2D eigenvalue weighted by atomic mass is 79.9. The molecule has 5 heteroatoms. The molecular weight excluding hydrogens is 324 g/mol. The molecule has 0 aliphatic heterocycles. The van der Waals surface area contributed by atoms with E-state index in [0.717, 1.165) is 33.2 Å². The summed E-state index contributed by atoms with van der Waals surface area (Å²) < 4.78 is 6.78. The van der Waals surface area contributed by atoms with Crippen molar-refractivity contribution in [1.82, 2.24) is 4.98 Å². The van der Waals surface area contributed by atoms with E-state index < -0.39 is 0 Å². The van der Waals surface area contributed by atoms with Crippen molar-refractivity contribution in [1.29, 1.82) is 0 Å². The summed E-state index contributed by atoms with van der Waals surface area (Å²) in [5, 5.41) is 4.24. The minimum atomic E-state index is 0.549. The third kappa shape index (κ3) is 4.21. The predicted octanol–water partition coefficient (Wildman–Crippen LogP) is 4.61. The molecule has 0 saturated carbocycles. The highest BCUT2D eigenvalue weighted by molar-refractivity contribution is 9.10. The second-order valence-corrected chi connectivity index (χ2v) is 6.25. The topological polar surface area (TPSA) is 34.2 Å². The first-order chi connectivity index (χ1) is 9.19. The molecule has 0 bridgehead atoms. The third-order valence-electron chi connectivity index (χ3n) is 2.54. The van der Waals surface area contributed by atoms with Crippen LogP contribution in [0.3, 0.4) is 0 Å². The van der Waals surface area contributed by atoms with Gasteiger partial charge in [0.2, 0.25) is 0 Å². The molecule has 102 valence electrons. The summed E-state index contributed by atoms with van der Waals surface area (Å²) in [6.07, 6.45) is 2.96. The second kappa shape index (κ2) is 6.91. The van der Waals surface area contributed by atoms with E-state index in [9.17, 15) is 0 Å². The molecule has 1 N–H and O–H groups in total. The minimum absolute atomic E-state index is 0.549. The van der Waals surface area contributed by atoms with Crippen LogP contribution in [0, 0.1) is 6.92 Å². The fraction of sp³-hybridized carbons (Fsp3) is 0.357. The monoisotopic (exact) mass is 340 g/mol. The van der Waals surface area contributed by atoms with Crippen LogP contribution >= 0.6 is 27.3 Å². The van der Waals surface area contributed by atoms with Crippen LogP contribution in [0.25, 0.3) is 0 Å². The van der Waals surface area contributed by atoms with Crippen molar-refractivity contribution >= 4 is 32.4 Å². The molecule has 0 amide bonds. The van der Waals surface area contributed by atoms with Gasteiger partial charge in [0.05, 0.1) is 9.35 Å². The second-order valence-electron chi connectivity index (χ2n) is 4.28. The molecule has 1 aromatic heterocycles. The van der Waals surface area contributed by atoms with Crippen LogP contribution in [0.15, 0.2) is 28.9 Å². The number of aromatic nitrogens is 1. The van der Waals surface area contributed by atoms with Gasteiger partial charge >= 0.3 is 0 Å². The van der Waals surface area contributed by atoms with Crippen molar-refractivity contribution in [3.8, 4) is 5.75 Å². The van der Waals surface area contributed by atoms with Gasteiger partial charge in [0.25, 0.3) is 0 Å². The maximum absolute atomic E-state index is 5.79. The van der Waals surface area contributed by atoms with Crippen molar-refractivity contribution in [2.24, 2.45) is 0 Å². The number of anilines is 1. The highest BCUT2D eigenvalue weighted by Gasteiger charge is 2.05. The minimum Gasteiger partial charge on any atom is -0.487 e. The van der Waals surface area contributed by atoms with Crippen molar-refractivity contribution in [2.45, 2.75) is 26.9 Å². The van der Waals surface area contributed by atoms with Gasteiger partial charge in [-0.05, 0) is 47.0 Å². The zero-order valence-electron chi connectivity index (χ0n) is 11.1. The molecule has 1 aromatic carbocycles. The summed E-state index contributed by atoms with van der Waals surface area (Å²) in [6, 6.07) is 6.08. The Bertz CT molecular complexity index is 542. The first kappa shape index (κ1) is 14.3. The summed E-state index contributed by atoms with van der Waals surface area (Å²) in [4.78, 5) is 5.43. The maximum Gasteiger partial charge on any atom is 0.182 e. The molecular formula is C14H17BrN2OS. The number of halogens is 1. The van der Waals surface area contributed by atoms with Crippen LogP contribution in [0.2, 0.25) is 0 Å². The lowest BCUT2D eigenvalue weighted by molar-refractivity contribution is 0.307. The zero-order chi connectivity index (χ0) is 13.7. The van der Waals surface area contributed by atoms with Crippen molar-refractivity contribution in [3.63, 3.8) is 0 Å². The molecule has 2 rings (SSSR count). The number of nitrogens with zero attached hydrogens (tertiary/aromatic N) is 1. The van der Waals surface area contributed by atoms with Gasteiger partial charge in [-0.25, -0.2) is 4.98 Å². The molecule has 3 nitrogen and oxygen atoms in total. The predicted molar refractivity (Wildman–Crippen MR) is 84.1 cm³/mol. The summed E-state index contributed by atoms with van der Waals surface area (Å²) in [5.74, 6) is 0.863. The standard InChI is InChI=1S/C14H17BrN2OS/c1-3-6-16-14-17-8-11(19-14)9-18-13-5-4-10(2)7-12(13)15/h4-5,7-8H,3,6,9H2,1-2H3,(H,16,17). The number of aryl methyl sites for hydroxylation is 1. The molecule has 0 aliphatic carbocycles. The van der Waals surface area contributed by atoms with Crippen molar-refractivity contribution in [3.05, 3.63) is 39.3 Å². The first-order valence-corrected chi connectivity index (χ1v) is 7.87. The average molecular weight is 341 g/mol. The van der Waals surface area contributed by atoms with Crippen molar-refractivity contribution < 1.29 is 4.74 Å². The zero-order valence-corrected chi connectivity index (χ0v) is 13.5. The molecule has 0 fully saturated rings. The molecule has 19 heavy (non-hydrogen) atoms. The van der Waals surface area contributed by atoms with Crippen LogP contribution in [0.4, 0.5) is 5.13 Å². The molecule has 0 saturated heterocycles. The number of rotatable bonds is 6. The molecule has 0 atom stereocenters. The summed E-state index contributed by atoms with van der Waals surface area (Å²) >= 11 is 5.15. The van der Waals surface area contributed by atoms with Crippen LogP contribution in [0.5, 0.6) is 5.75 Å². The van der Waals surface area contributed by atoms with E-state index >= 15 is 0 Å².